The van der Waals surface area contributed by atoms with Crippen LogP contribution in [0.15, 0.2) is 34.7 Å². The van der Waals surface area contributed by atoms with E-state index in [1.165, 1.54) is 0 Å². The second kappa shape index (κ2) is 3.21. The first-order chi connectivity index (χ1) is 5.97. The zero-order valence-electron chi connectivity index (χ0n) is 6.33. The Labute approximate surface area is 69.9 Å². The van der Waals surface area contributed by atoms with E-state index in [1.807, 2.05) is 0 Å². The zero-order chi connectivity index (χ0) is 8.23. The molecule has 2 heterocycles. The lowest BCUT2D eigenvalue weighted by molar-refractivity contribution is 0.00777. The average Bonchev–Trinajstić information content (AvgIpc) is 2.21. The second-order valence-corrected chi connectivity index (χ2v) is 2.31. The number of aliphatic imine (C=N–C) groups is 2. The largest absolute Gasteiger partial charge is 0.470 e. The smallest absolute Gasteiger partial charge is 0.246 e. The summed E-state index contributed by atoms with van der Waals surface area (Å²) in [6.07, 6.45) is 9.24. The minimum Gasteiger partial charge on any atom is -0.470 e. The van der Waals surface area contributed by atoms with E-state index in [4.69, 9.17) is 9.47 Å². The maximum Gasteiger partial charge on any atom is 0.246 e. The van der Waals surface area contributed by atoms with Crippen LogP contribution in [0.3, 0.4) is 0 Å². The molecule has 4 nitrogen and oxygen atoms in total. The molecule has 12 heavy (non-hydrogen) atoms. The third kappa shape index (κ3) is 1.37. The van der Waals surface area contributed by atoms with Crippen LogP contribution in [0, 0.1) is 0 Å². The molecule has 0 aliphatic carbocycles. The van der Waals surface area contributed by atoms with Gasteiger partial charge in [0.1, 0.15) is 0 Å². The first-order valence-corrected chi connectivity index (χ1v) is 3.64. The van der Waals surface area contributed by atoms with Crippen LogP contribution in [0.4, 0.5) is 0 Å². The molecular weight excluding hydrogens is 156 g/mol. The minimum absolute atomic E-state index is 0.351. The van der Waals surface area contributed by atoms with E-state index in [2.05, 4.69) is 9.98 Å². The van der Waals surface area contributed by atoms with Gasteiger partial charge in [-0.3, -0.25) is 0 Å². The summed E-state index contributed by atoms with van der Waals surface area (Å²) in [5.41, 5.74) is 0. The van der Waals surface area contributed by atoms with E-state index in [9.17, 15) is 0 Å². The van der Waals surface area contributed by atoms with Crippen LogP contribution < -0.4 is 0 Å². The topological polar surface area (TPSA) is 43.2 Å². The van der Waals surface area contributed by atoms with Crippen molar-refractivity contribution in [3.63, 3.8) is 0 Å². The van der Waals surface area contributed by atoms with Crippen LogP contribution in [0.5, 0.6) is 0 Å². The lowest BCUT2D eigenvalue weighted by Gasteiger charge is -2.21. The number of rotatable bonds is 1. The Kier molecular flexibility index (Phi) is 1.90. The van der Waals surface area contributed by atoms with Gasteiger partial charge in [-0.05, 0) is 12.2 Å². The van der Waals surface area contributed by atoms with Crippen molar-refractivity contribution < 1.29 is 9.47 Å². The van der Waals surface area contributed by atoms with E-state index in [1.54, 1.807) is 37.1 Å². The minimum atomic E-state index is -0.351. The molecule has 2 atom stereocenters. The summed E-state index contributed by atoms with van der Waals surface area (Å²) >= 11 is 0. The average molecular weight is 164 g/mol. The van der Waals surface area contributed by atoms with Crippen LogP contribution in [0.25, 0.3) is 0 Å². The fourth-order valence-electron chi connectivity index (χ4n) is 0.943. The molecule has 0 amide bonds. The first-order valence-electron chi connectivity index (χ1n) is 3.64. The van der Waals surface area contributed by atoms with Gasteiger partial charge in [-0.15, -0.1) is 0 Å². The molecule has 0 aromatic carbocycles. The third-order valence-corrected chi connectivity index (χ3v) is 1.48. The standard InChI is InChI=1S/C8H8N2O2/c1-3-9-7(11-5-1)8-10-4-2-6-12-8/h1-8H. The van der Waals surface area contributed by atoms with Crippen LogP contribution >= 0.6 is 0 Å². The number of hydrogen-bond donors (Lipinski definition) is 0. The number of nitrogens with zero attached hydrogens (tertiary/aromatic N) is 2. The highest BCUT2D eigenvalue weighted by Crippen LogP contribution is 2.12. The molecule has 0 saturated heterocycles. The van der Waals surface area contributed by atoms with Gasteiger partial charge in [0.05, 0.1) is 12.5 Å². The van der Waals surface area contributed by atoms with Crippen molar-refractivity contribution in [2.75, 3.05) is 0 Å². The van der Waals surface area contributed by atoms with Crippen molar-refractivity contribution in [3.8, 4) is 0 Å². The first kappa shape index (κ1) is 7.09. The molecule has 2 aliphatic rings. The molecule has 2 rings (SSSR count). The lowest BCUT2D eigenvalue weighted by Crippen LogP contribution is -2.28. The number of allylic oxidation sites excluding steroid dienone is 2. The summed E-state index contributed by atoms with van der Waals surface area (Å²) in [7, 11) is 0. The fourth-order valence-corrected chi connectivity index (χ4v) is 0.943. The molecule has 0 N–H and O–H groups in total. The van der Waals surface area contributed by atoms with Crippen LogP contribution in [0.2, 0.25) is 0 Å². The summed E-state index contributed by atoms with van der Waals surface area (Å²) in [4.78, 5) is 8.09. The Balaban J connectivity index is 2.01. The molecule has 0 spiro atoms. The Morgan fingerprint density at radius 3 is 1.67 bits per heavy atom. The predicted molar refractivity (Wildman–Crippen MR) is 45.0 cm³/mol. The van der Waals surface area contributed by atoms with E-state index in [0.29, 0.717) is 0 Å². The van der Waals surface area contributed by atoms with Gasteiger partial charge in [0.15, 0.2) is 0 Å². The van der Waals surface area contributed by atoms with Crippen molar-refractivity contribution in [3.05, 3.63) is 24.7 Å². The summed E-state index contributed by atoms with van der Waals surface area (Å²) in [6, 6.07) is 0. The van der Waals surface area contributed by atoms with E-state index in [0.717, 1.165) is 0 Å². The summed E-state index contributed by atoms with van der Waals surface area (Å²) in [5.74, 6) is 0. The zero-order valence-corrected chi connectivity index (χ0v) is 6.33. The Hall–Kier alpha value is -1.58. The van der Waals surface area contributed by atoms with Crippen molar-refractivity contribution in [2.24, 2.45) is 9.98 Å². The fraction of sp³-hybridized carbons (Fsp3) is 0.250. The normalized spacial score (nSPS) is 31.3. The maximum atomic E-state index is 5.17. The Bertz CT molecular complexity index is 240. The third-order valence-electron chi connectivity index (χ3n) is 1.48. The van der Waals surface area contributed by atoms with Gasteiger partial charge < -0.3 is 9.47 Å². The molecule has 62 valence electrons. The van der Waals surface area contributed by atoms with Crippen molar-refractivity contribution >= 4 is 12.4 Å². The quantitative estimate of drug-likeness (QED) is 0.577. The van der Waals surface area contributed by atoms with Gasteiger partial charge in [-0.2, -0.15) is 0 Å². The number of hydrogen-bond acceptors (Lipinski definition) is 4. The molecule has 0 bridgehead atoms. The SMILES string of the molecule is C1=COC(C2N=CC=CO2)N=C1. The van der Waals surface area contributed by atoms with Crippen molar-refractivity contribution in [2.45, 2.75) is 12.5 Å². The Morgan fingerprint density at radius 1 is 0.833 bits per heavy atom. The molecular formula is C8H8N2O2. The molecule has 2 aliphatic heterocycles. The molecule has 0 radical (unpaired) electrons. The molecule has 0 aromatic rings. The predicted octanol–water partition coefficient (Wildman–Crippen LogP) is 0.868. The van der Waals surface area contributed by atoms with Crippen molar-refractivity contribution in [1.29, 1.82) is 0 Å². The van der Waals surface area contributed by atoms with E-state index < -0.39 is 0 Å². The van der Waals surface area contributed by atoms with Crippen LogP contribution in [0.1, 0.15) is 0 Å². The second-order valence-electron chi connectivity index (χ2n) is 2.31. The van der Waals surface area contributed by atoms with E-state index >= 15 is 0 Å². The van der Waals surface area contributed by atoms with Gasteiger partial charge >= 0.3 is 0 Å². The highest BCUT2D eigenvalue weighted by molar-refractivity contribution is 5.72. The molecule has 0 saturated carbocycles. The van der Waals surface area contributed by atoms with E-state index in [-0.39, 0.29) is 12.5 Å². The van der Waals surface area contributed by atoms with Crippen LogP contribution in [-0.2, 0) is 9.47 Å². The van der Waals surface area contributed by atoms with Gasteiger partial charge in [-0.1, -0.05) is 0 Å². The maximum absolute atomic E-state index is 5.17. The van der Waals surface area contributed by atoms with Gasteiger partial charge in [0, 0.05) is 12.4 Å². The molecule has 2 unspecified atom stereocenters. The molecule has 0 aromatic heterocycles. The highest BCUT2D eigenvalue weighted by Gasteiger charge is 2.22. The van der Waals surface area contributed by atoms with Crippen molar-refractivity contribution in [1.82, 2.24) is 0 Å². The van der Waals surface area contributed by atoms with Gasteiger partial charge in [0.2, 0.25) is 12.5 Å². The van der Waals surface area contributed by atoms with Crippen LogP contribution in [-0.4, -0.2) is 24.9 Å². The Morgan fingerprint density at radius 2 is 1.33 bits per heavy atom. The monoisotopic (exact) mass is 164 g/mol. The summed E-state index contributed by atoms with van der Waals surface area (Å²) in [6.45, 7) is 0. The molecule has 4 heteroatoms. The van der Waals surface area contributed by atoms with Gasteiger partial charge in [-0.25, -0.2) is 9.98 Å². The van der Waals surface area contributed by atoms with Gasteiger partial charge in [0.25, 0.3) is 0 Å². The lowest BCUT2D eigenvalue weighted by atomic mass is 10.4. The summed E-state index contributed by atoms with van der Waals surface area (Å²) < 4.78 is 10.3. The summed E-state index contributed by atoms with van der Waals surface area (Å²) in [5, 5.41) is 0. The molecule has 0 fully saturated rings. The number of ether oxygens (including phenoxy) is 2. The highest BCUT2D eigenvalue weighted by atomic mass is 16.6.